The molecule has 0 unspecified atom stereocenters. The van der Waals surface area contributed by atoms with Crippen LogP contribution in [0.5, 0.6) is 0 Å². The lowest BCUT2D eigenvalue weighted by atomic mass is 10.8. The van der Waals surface area contributed by atoms with Crippen molar-refractivity contribution in [1.82, 2.24) is 0 Å². The number of rotatable bonds is 2. The molecule has 0 rings (SSSR count). The highest BCUT2D eigenvalue weighted by Crippen LogP contribution is 1.78. The molecule has 0 heterocycles. The van der Waals surface area contributed by atoms with Crippen LogP contribution in [-0.4, -0.2) is 19.7 Å². The Balaban J connectivity index is 3.00. The Morgan fingerprint density at radius 1 is 1.86 bits per heavy atom. The van der Waals surface area contributed by atoms with E-state index >= 15 is 0 Å². The predicted molar refractivity (Wildman–Crippen MR) is 27.0 cm³/mol. The largest absolute Gasteiger partial charge is 0.467 e. The molecular weight excluding hydrogens is 116 g/mol. The Labute approximate surface area is 47.2 Å². The molecule has 0 fully saturated rings. The highest BCUT2D eigenvalue weighted by molar-refractivity contribution is 7.75. The van der Waals surface area contributed by atoms with Gasteiger partial charge in [0.25, 0.3) is 0 Å². The molecule has 0 atom stereocenters. The summed E-state index contributed by atoms with van der Waals surface area (Å²) in [4.78, 5) is 10.0. The number of hydrogen-bond acceptors (Lipinski definition) is 4. The fraction of sp³-hybridized carbons (Fsp3) is 0.667. The van der Waals surface area contributed by atoms with E-state index in [1.165, 1.54) is 7.11 Å². The van der Waals surface area contributed by atoms with Crippen LogP contribution in [0.3, 0.4) is 0 Å². The average Bonchev–Trinajstić information content (AvgIpc) is 1.68. The summed E-state index contributed by atoms with van der Waals surface area (Å²) in [5.41, 5.74) is 0. The molecular formula is C3H6O3S. The predicted octanol–water partition coefficient (Wildman–Crippen LogP) is 0.0208. The first kappa shape index (κ1) is 6.78. The minimum Gasteiger partial charge on any atom is -0.467 e. The van der Waals surface area contributed by atoms with Crippen molar-refractivity contribution in [3.05, 3.63) is 0 Å². The molecule has 0 aromatic heterocycles. The number of carbonyl (C=O) groups excluding carboxylic acids is 1. The van der Waals surface area contributed by atoms with Gasteiger partial charge in [-0.3, -0.25) is 0 Å². The smallest absolute Gasteiger partial charge is 0.333 e. The van der Waals surface area contributed by atoms with Gasteiger partial charge >= 0.3 is 5.97 Å². The van der Waals surface area contributed by atoms with Crippen LogP contribution in [0.4, 0.5) is 0 Å². The van der Waals surface area contributed by atoms with Gasteiger partial charge in [0.05, 0.1) is 7.11 Å². The lowest BCUT2D eigenvalue weighted by Crippen LogP contribution is -2.05. The Kier molecular flexibility index (Phi) is 3.83. The van der Waals surface area contributed by atoms with Gasteiger partial charge < -0.3 is 8.92 Å². The summed E-state index contributed by atoms with van der Waals surface area (Å²) >= 11 is 3.31. The van der Waals surface area contributed by atoms with Crippen molar-refractivity contribution in [3.63, 3.8) is 0 Å². The van der Waals surface area contributed by atoms with Crippen molar-refractivity contribution in [2.75, 3.05) is 13.7 Å². The van der Waals surface area contributed by atoms with Gasteiger partial charge in [-0.05, 0) is 12.9 Å². The van der Waals surface area contributed by atoms with Gasteiger partial charge in [0.15, 0.2) is 6.61 Å². The minimum atomic E-state index is -0.421. The van der Waals surface area contributed by atoms with Gasteiger partial charge in [-0.1, -0.05) is 0 Å². The highest BCUT2D eigenvalue weighted by atomic mass is 32.1. The summed E-state index contributed by atoms with van der Waals surface area (Å²) in [6.07, 6.45) is 0. The van der Waals surface area contributed by atoms with Crippen molar-refractivity contribution >= 4 is 18.9 Å². The van der Waals surface area contributed by atoms with Crippen LogP contribution in [0.15, 0.2) is 0 Å². The fourth-order valence-corrected chi connectivity index (χ4v) is 0.217. The van der Waals surface area contributed by atoms with Crippen LogP contribution in [0.1, 0.15) is 0 Å². The summed E-state index contributed by atoms with van der Waals surface area (Å²) in [7, 11) is 1.29. The molecule has 0 aromatic rings. The highest BCUT2D eigenvalue weighted by Gasteiger charge is 1.94. The maximum Gasteiger partial charge on any atom is 0.333 e. The van der Waals surface area contributed by atoms with Crippen molar-refractivity contribution in [2.45, 2.75) is 0 Å². The Hall–Kier alpha value is -0.220. The fourth-order valence-electron chi connectivity index (χ4n) is 0.112. The number of methoxy groups -OCH3 is 1. The maximum absolute atomic E-state index is 10.0. The zero-order valence-corrected chi connectivity index (χ0v) is 4.77. The molecule has 0 N–H and O–H groups in total. The van der Waals surface area contributed by atoms with Gasteiger partial charge in [0, 0.05) is 0 Å². The third kappa shape index (κ3) is 3.61. The van der Waals surface area contributed by atoms with E-state index in [1.54, 1.807) is 0 Å². The quantitative estimate of drug-likeness (QED) is 0.318. The second-order valence-electron chi connectivity index (χ2n) is 0.850. The van der Waals surface area contributed by atoms with Crippen molar-refractivity contribution < 1.29 is 13.7 Å². The van der Waals surface area contributed by atoms with Crippen LogP contribution in [0, 0.1) is 0 Å². The first-order valence-corrected chi connectivity index (χ1v) is 2.01. The molecule has 0 aliphatic heterocycles. The number of thiol groups is 1. The molecule has 7 heavy (non-hydrogen) atoms. The van der Waals surface area contributed by atoms with Crippen LogP contribution < -0.4 is 0 Å². The van der Waals surface area contributed by atoms with Gasteiger partial charge in [-0.15, -0.1) is 0 Å². The Morgan fingerprint density at radius 2 is 2.43 bits per heavy atom. The van der Waals surface area contributed by atoms with Gasteiger partial charge in [-0.25, -0.2) is 4.79 Å². The second kappa shape index (κ2) is 3.95. The second-order valence-corrected chi connectivity index (χ2v) is 1.11. The first-order chi connectivity index (χ1) is 3.31. The standard InChI is InChI=1S/C3H6O3S/c1-5-3(4)2-6-7/h7H,2H2,1H3. The molecule has 0 bridgehead atoms. The molecule has 42 valence electrons. The number of hydrogen-bond donors (Lipinski definition) is 1. The summed E-state index contributed by atoms with van der Waals surface area (Å²) < 4.78 is 8.29. The van der Waals surface area contributed by atoms with Crippen molar-refractivity contribution in [2.24, 2.45) is 0 Å². The van der Waals surface area contributed by atoms with E-state index in [0.29, 0.717) is 0 Å². The normalized spacial score (nSPS) is 8.29. The number of ether oxygens (including phenoxy) is 1. The topological polar surface area (TPSA) is 35.5 Å². The van der Waals surface area contributed by atoms with E-state index in [2.05, 4.69) is 21.8 Å². The third-order valence-electron chi connectivity index (χ3n) is 0.410. The minimum absolute atomic E-state index is 0.0976. The molecule has 0 saturated heterocycles. The van der Waals surface area contributed by atoms with Crippen molar-refractivity contribution in [1.29, 1.82) is 0 Å². The summed E-state index contributed by atoms with van der Waals surface area (Å²) in [5, 5.41) is 0. The van der Waals surface area contributed by atoms with Crippen LogP contribution >= 0.6 is 12.9 Å². The molecule has 0 radical (unpaired) electrons. The van der Waals surface area contributed by atoms with Gasteiger partial charge in [0.1, 0.15) is 0 Å². The maximum atomic E-state index is 10.0. The SMILES string of the molecule is COC(=O)COS. The molecule has 0 aromatic carbocycles. The van der Waals surface area contributed by atoms with Gasteiger partial charge in [-0.2, -0.15) is 0 Å². The molecule has 0 saturated carbocycles. The lowest BCUT2D eigenvalue weighted by Gasteiger charge is -1.91. The zero-order chi connectivity index (χ0) is 5.70. The van der Waals surface area contributed by atoms with E-state index in [9.17, 15) is 4.79 Å². The van der Waals surface area contributed by atoms with Crippen molar-refractivity contribution in [3.8, 4) is 0 Å². The molecule has 0 spiro atoms. The van der Waals surface area contributed by atoms with E-state index < -0.39 is 5.97 Å². The average molecular weight is 122 g/mol. The summed E-state index contributed by atoms with van der Waals surface area (Å²) in [5.74, 6) is -0.421. The number of carbonyl (C=O) groups is 1. The number of esters is 1. The molecule has 3 nitrogen and oxygen atoms in total. The monoisotopic (exact) mass is 122 g/mol. The Morgan fingerprint density at radius 3 is 2.57 bits per heavy atom. The van der Waals surface area contributed by atoms with E-state index in [0.717, 1.165) is 0 Å². The van der Waals surface area contributed by atoms with Crippen LogP contribution in [0.2, 0.25) is 0 Å². The molecule has 0 amide bonds. The molecule has 0 aliphatic carbocycles. The van der Waals surface area contributed by atoms with Gasteiger partial charge in [0.2, 0.25) is 0 Å². The summed E-state index contributed by atoms with van der Waals surface area (Å²) in [6, 6.07) is 0. The lowest BCUT2D eigenvalue weighted by molar-refractivity contribution is -0.142. The van der Waals surface area contributed by atoms with E-state index in [-0.39, 0.29) is 6.61 Å². The van der Waals surface area contributed by atoms with Crippen LogP contribution in [0.25, 0.3) is 0 Å². The molecule has 0 aliphatic rings. The zero-order valence-electron chi connectivity index (χ0n) is 3.88. The van der Waals surface area contributed by atoms with Crippen LogP contribution in [-0.2, 0) is 13.7 Å². The molecule has 4 heteroatoms. The first-order valence-electron chi connectivity index (χ1n) is 1.64. The Bertz CT molecular complexity index is 63.2. The van der Waals surface area contributed by atoms with E-state index in [4.69, 9.17) is 0 Å². The third-order valence-corrected chi connectivity index (χ3v) is 0.539. The summed E-state index contributed by atoms with van der Waals surface area (Å²) in [6.45, 7) is -0.0976. The van der Waals surface area contributed by atoms with E-state index in [1.807, 2.05) is 0 Å².